The lowest BCUT2D eigenvalue weighted by atomic mass is 9.59. The zero-order valence-electron chi connectivity index (χ0n) is 17.9. The maximum absolute atomic E-state index is 6.24. The summed E-state index contributed by atoms with van der Waals surface area (Å²) < 4.78 is 22.9. The number of epoxide rings is 2. The van der Waals surface area contributed by atoms with Crippen molar-refractivity contribution in [2.75, 3.05) is 26.4 Å². The fourth-order valence-electron chi connectivity index (χ4n) is 5.70. The molecule has 4 rings (SSSR count). The Balaban J connectivity index is 1.27. The van der Waals surface area contributed by atoms with Crippen LogP contribution < -0.4 is 0 Å². The van der Waals surface area contributed by atoms with Gasteiger partial charge in [0.1, 0.15) is 12.2 Å². The number of ether oxygens (including phenoxy) is 4. The second-order valence-electron chi connectivity index (χ2n) is 10.2. The molecule has 28 heavy (non-hydrogen) atoms. The number of allylic oxidation sites excluding steroid dienone is 1. The molecule has 0 bridgehead atoms. The normalized spacial score (nSPS) is 40.9. The molecule has 0 aromatic carbocycles. The SMILES string of the molecule is C=CCC1CC(C(C)(C)C2CCC(OCC3CO3)CC2)CCC1OCC1CO1. The molecule has 2 aliphatic carbocycles. The van der Waals surface area contributed by atoms with Crippen molar-refractivity contribution in [3.63, 3.8) is 0 Å². The fraction of sp³-hybridized carbons (Fsp3) is 0.917. The van der Waals surface area contributed by atoms with Crippen LogP contribution in [0.5, 0.6) is 0 Å². The van der Waals surface area contributed by atoms with Crippen LogP contribution in [-0.4, -0.2) is 50.8 Å². The summed E-state index contributed by atoms with van der Waals surface area (Å²) in [5.41, 5.74) is 0.397. The van der Waals surface area contributed by atoms with Gasteiger partial charge in [0.05, 0.1) is 38.6 Å². The van der Waals surface area contributed by atoms with Gasteiger partial charge in [0.15, 0.2) is 0 Å². The van der Waals surface area contributed by atoms with Gasteiger partial charge < -0.3 is 18.9 Å². The van der Waals surface area contributed by atoms with Gasteiger partial charge in [0.25, 0.3) is 0 Å². The van der Waals surface area contributed by atoms with E-state index in [9.17, 15) is 0 Å². The molecule has 4 nitrogen and oxygen atoms in total. The third-order valence-corrected chi connectivity index (χ3v) is 7.98. The summed E-state index contributed by atoms with van der Waals surface area (Å²) >= 11 is 0. The van der Waals surface area contributed by atoms with Crippen molar-refractivity contribution in [2.24, 2.45) is 23.2 Å². The summed E-state index contributed by atoms with van der Waals surface area (Å²) in [5, 5.41) is 0. The Hall–Kier alpha value is -0.420. The van der Waals surface area contributed by atoms with Gasteiger partial charge in [-0.25, -0.2) is 0 Å². The molecule has 2 saturated carbocycles. The molecule has 0 radical (unpaired) electrons. The number of hydrogen-bond donors (Lipinski definition) is 0. The number of hydrogen-bond acceptors (Lipinski definition) is 4. The molecule has 5 unspecified atom stereocenters. The summed E-state index contributed by atoms with van der Waals surface area (Å²) in [6.45, 7) is 12.4. The van der Waals surface area contributed by atoms with Gasteiger partial charge in [-0.15, -0.1) is 6.58 Å². The molecule has 4 aliphatic rings. The van der Waals surface area contributed by atoms with E-state index in [0.29, 0.717) is 35.7 Å². The number of rotatable bonds is 10. The molecular weight excluding hydrogens is 352 g/mol. The Bertz CT molecular complexity index is 503. The highest BCUT2D eigenvalue weighted by atomic mass is 16.6. The Morgan fingerprint density at radius 2 is 1.50 bits per heavy atom. The minimum Gasteiger partial charge on any atom is -0.375 e. The van der Waals surface area contributed by atoms with Gasteiger partial charge in [0.2, 0.25) is 0 Å². The molecule has 0 spiro atoms. The Kier molecular flexibility index (Phi) is 6.81. The predicted molar refractivity (Wildman–Crippen MR) is 110 cm³/mol. The van der Waals surface area contributed by atoms with E-state index in [4.69, 9.17) is 18.9 Å². The molecule has 4 fully saturated rings. The van der Waals surface area contributed by atoms with Crippen LogP contribution in [0.25, 0.3) is 0 Å². The molecule has 0 amide bonds. The van der Waals surface area contributed by atoms with Gasteiger partial charge in [-0.3, -0.25) is 0 Å². The fourth-order valence-corrected chi connectivity index (χ4v) is 5.70. The summed E-state index contributed by atoms with van der Waals surface area (Å²) in [5.74, 6) is 2.22. The first-order valence-corrected chi connectivity index (χ1v) is 11.6. The van der Waals surface area contributed by atoms with Crippen LogP contribution in [0.2, 0.25) is 0 Å². The minimum absolute atomic E-state index is 0.363. The maximum Gasteiger partial charge on any atom is 0.104 e. The van der Waals surface area contributed by atoms with E-state index in [-0.39, 0.29) is 0 Å². The van der Waals surface area contributed by atoms with E-state index < -0.39 is 0 Å². The largest absolute Gasteiger partial charge is 0.375 e. The van der Waals surface area contributed by atoms with E-state index in [1.807, 2.05) is 0 Å². The highest BCUT2D eigenvalue weighted by Gasteiger charge is 2.43. The van der Waals surface area contributed by atoms with Crippen LogP contribution in [0.3, 0.4) is 0 Å². The molecule has 4 heteroatoms. The first-order valence-electron chi connectivity index (χ1n) is 11.6. The predicted octanol–water partition coefficient (Wildman–Crippen LogP) is 4.76. The Labute approximate surface area is 171 Å². The first kappa shape index (κ1) is 20.8. The molecule has 2 saturated heterocycles. The van der Waals surface area contributed by atoms with Gasteiger partial charge >= 0.3 is 0 Å². The molecule has 160 valence electrons. The van der Waals surface area contributed by atoms with Crippen LogP contribution in [0.4, 0.5) is 0 Å². The van der Waals surface area contributed by atoms with Crippen LogP contribution in [0, 0.1) is 23.2 Å². The second kappa shape index (κ2) is 9.16. The monoisotopic (exact) mass is 392 g/mol. The van der Waals surface area contributed by atoms with E-state index in [1.54, 1.807) is 0 Å². The quantitative estimate of drug-likeness (QED) is 0.397. The van der Waals surface area contributed by atoms with Crippen molar-refractivity contribution >= 4 is 0 Å². The van der Waals surface area contributed by atoms with Crippen molar-refractivity contribution in [1.29, 1.82) is 0 Å². The standard InChI is InChI=1S/C24H40O4/c1-4-5-17-12-19(8-11-23(17)28-16-22-15-27-22)24(2,3)18-6-9-20(10-7-18)25-13-21-14-26-21/h4,17-23H,1,5-16H2,2-3H3. The van der Waals surface area contributed by atoms with Gasteiger partial charge in [-0.2, -0.15) is 0 Å². The van der Waals surface area contributed by atoms with Crippen LogP contribution in [-0.2, 0) is 18.9 Å². The molecule has 0 aromatic heterocycles. The van der Waals surface area contributed by atoms with Gasteiger partial charge in [-0.1, -0.05) is 19.9 Å². The summed E-state index contributed by atoms with van der Waals surface area (Å²) in [6.07, 6.45) is 13.6. The molecule has 2 heterocycles. The van der Waals surface area contributed by atoms with Crippen molar-refractivity contribution in [1.82, 2.24) is 0 Å². The Morgan fingerprint density at radius 3 is 2.11 bits per heavy atom. The lowest BCUT2D eigenvalue weighted by Crippen LogP contribution is -2.42. The van der Waals surface area contributed by atoms with Crippen molar-refractivity contribution < 1.29 is 18.9 Å². The highest BCUT2D eigenvalue weighted by molar-refractivity contribution is 4.95. The third-order valence-electron chi connectivity index (χ3n) is 7.98. The zero-order chi connectivity index (χ0) is 19.6. The zero-order valence-corrected chi connectivity index (χ0v) is 17.9. The second-order valence-corrected chi connectivity index (χ2v) is 10.2. The van der Waals surface area contributed by atoms with E-state index in [1.165, 1.54) is 44.9 Å². The smallest absolute Gasteiger partial charge is 0.104 e. The Morgan fingerprint density at radius 1 is 0.893 bits per heavy atom. The first-order chi connectivity index (χ1) is 13.6. The van der Waals surface area contributed by atoms with E-state index >= 15 is 0 Å². The van der Waals surface area contributed by atoms with E-state index in [2.05, 4.69) is 26.5 Å². The maximum atomic E-state index is 6.24. The van der Waals surface area contributed by atoms with E-state index in [0.717, 1.165) is 44.7 Å². The molecule has 5 atom stereocenters. The lowest BCUT2D eigenvalue weighted by molar-refractivity contribution is -0.0627. The van der Waals surface area contributed by atoms with Crippen LogP contribution in [0.15, 0.2) is 12.7 Å². The highest BCUT2D eigenvalue weighted by Crippen LogP contribution is 2.50. The molecule has 2 aliphatic heterocycles. The summed E-state index contributed by atoms with van der Waals surface area (Å²) in [6, 6.07) is 0. The topological polar surface area (TPSA) is 43.5 Å². The van der Waals surface area contributed by atoms with Crippen molar-refractivity contribution in [3.8, 4) is 0 Å². The van der Waals surface area contributed by atoms with Gasteiger partial charge in [0, 0.05) is 0 Å². The van der Waals surface area contributed by atoms with Crippen molar-refractivity contribution in [2.45, 2.75) is 89.6 Å². The average molecular weight is 393 g/mol. The van der Waals surface area contributed by atoms with Crippen molar-refractivity contribution in [3.05, 3.63) is 12.7 Å². The molecule has 0 N–H and O–H groups in total. The summed E-state index contributed by atoms with van der Waals surface area (Å²) in [4.78, 5) is 0. The summed E-state index contributed by atoms with van der Waals surface area (Å²) in [7, 11) is 0. The van der Waals surface area contributed by atoms with Crippen LogP contribution >= 0.6 is 0 Å². The van der Waals surface area contributed by atoms with Gasteiger partial charge in [-0.05, 0) is 74.5 Å². The lowest BCUT2D eigenvalue weighted by Gasteiger charge is -2.48. The third kappa shape index (κ3) is 5.38. The molecule has 0 aromatic rings. The minimum atomic E-state index is 0.363. The average Bonchev–Trinajstić information content (AvgIpc) is 3.61. The molecular formula is C24H40O4. The van der Waals surface area contributed by atoms with Crippen LogP contribution in [0.1, 0.15) is 65.2 Å².